The highest BCUT2D eigenvalue weighted by molar-refractivity contribution is 7.89. The quantitative estimate of drug-likeness (QED) is 0.836. The van der Waals surface area contributed by atoms with E-state index in [4.69, 9.17) is 15.2 Å². The highest BCUT2D eigenvalue weighted by Crippen LogP contribution is 2.31. The molecular weight excluding hydrogens is 256 g/mol. The van der Waals surface area contributed by atoms with Crippen LogP contribution in [0.2, 0.25) is 0 Å². The molecule has 1 aliphatic rings. The number of hydrogen-bond acceptors (Lipinski definition) is 5. The van der Waals surface area contributed by atoms with E-state index in [-0.39, 0.29) is 16.7 Å². The molecule has 1 aromatic carbocycles. The molecule has 1 saturated heterocycles. The Hall–Kier alpha value is -1.31. The third-order valence-corrected chi connectivity index (χ3v) is 4.74. The number of methoxy groups -OCH3 is 2. The lowest BCUT2D eigenvalue weighted by atomic mass is 10.2. The van der Waals surface area contributed by atoms with Gasteiger partial charge in [-0.1, -0.05) is 0 Å². The van der Waals surface area contributed by atoms with E-state index < -0.39 is 10.0 Å². The summed E-state index contributed by atoms with van der Waals surface area (Å²) in [6, 6.07) is 4.54. The highest BCUT2D eigenvalue weighted by atomic mass is 32.2. The Kier molecular flexibility index (Phi) is 3.47. The zero-order valence-electron chi connectivity index (χ0n) is 10.3. The van der Waals surface area contributed by atoms with Gasteiger partial charge in [0.15, 0.2) is 0 Å². The van der Waals surface area contributed by atoms with Crippen LogP contribution in [0.1, 0.15) is 0 Å². The summed E-state index contributed by atoms with van der Waals surface area (Å²) in [6.45, 7) is 0.690. The Labute approximate surface area is 106 Å². The number of nitrogens with two attached hydrogens (primary N) is 1. The van der Waals surface area contributed by atoms with Crippen LogP contribution in [0.15, 0.2) is 23.1 Å². The van der Waals surface area contributed by atoms with Gasteiger partial charge in [0.1, 0.15) is 16.4 Å². The predicted molar refractivity (Wildman–Crippen MR) is 66.3 cm³/mol. The zero-order chi connectivity index (χ0) is 13.3. The summed E-state index contributed by atoms with van der Waals surface area (Å²) in [7, 11) is -0.593. The minimum absolute atomic E-state index is 0.0796. The molecule has 1 heterocycles. The molecule has 0 bridgehead atoms. The fraction of sp³-hybridized carbons (Fsp3) is 0.455. The molecule has 0 amide bonds. The second kappa shape index (κ2) is 4.75. The average Bonchev–Trinajstić information content (AvgIpc) is 2.34. The minimum atomic E-state index is -3.53. The first-order chi connectivity index (χ1) is 8.48. The zero-order valence-corrected chi connectivity index (χ0v) is 11.1. The Balaban J connectivity index is 2.38. The number of ether oxygens (including phenoxy) is 2. The van der Waals surface area contributed by atoms with E-state index in [0.29, 0.717) is 18.8 Å². The van der Waals surface area contributed by atoms with E-state index >= 15 is 0 Å². The van der Waals surface area contributed by atoms with Crippen LogP contribution in [-0.4, -0.2) is 46.1 Å². The second-order valence-corrected chi connectivity index (χ2v) is 6.01. The van der Waals surface area contributed by atoms with Crippen molar-refractivity contribution in [3.8, 4) is 11.5 Å². The summed E-state index contributed by atoms with van der Waals surface area (Å²) in [5, 5.41) is 0. The van der Waals surface area contributed by atoms with Crippen LogP contribution >= 0.6 is 0 Å². The Bertz CT molecular complexity index is 538. The van der Waals surface area contributed by atoms with Crippen molar-refractivity contribution in [2.24, 2.45) is 5.73 Å². The molecule has 1 aliphatic heterocycles. The number of benzene rings is 1. The summed E-state index contributed by atoms with van der Waals surface area (Å²) in [5.41, 5.74) is 5.60. The van der Waals surface area contributed by atoms with Crippen LogP contribution in [0.4, 0.5) is 0 Å². The molecule has 0 atom stereocenters. The van der Waals surface area contributed by atoms with Gasteiger partial charge in [-0.25, -0.2) is 8.42 Å². The van der Waals surface area contributed by atoms with Crippen LogP contribution in [0, 0.1) is 0 Å². The summed E-state index contributed by atoms with van der Waals surface area (Å²) in [4.78, 5) is 0.137. The molecule has 18 heavy (non-hydrogen) atoms. The van der Waals surface area contributed by atoms with Crippen LogP contribution < -0.4 is 15.2 Å². The lowest BCUT2D eigenvalue weighted by molar-refractivity contribution is 0.264. The molecule has 100 valence electrons. The molecule has 1 aromatic rings. The maximum absolute atomic E-state index is 12.3. The van der Waals surface area contributed by atoms with Crippen molar-refractivity contribution in [3.63, 3.8) is 0 Å². The average molecular weight is 272 g/mol. The molecule has 0 aliphatic carbocycles. The molecule has 6 nitrogen and oxygen atoms in total. The molecule has 7 heteroatoms. The second-order valence-electron chi connectivity index (χ2n) is 4.10. The van der Waals surface area contributed by atoms with Crippen molar-refractivity contribution in [3.05, 3.63) is 18.2 Å². The SMILES string of the molecule is COc1ccc(S(=O)(=O)N2CC(N)C2)c(OC)c1. The van der Waals surface area contributed by atoms with Crippen LogP contribution in [0.5, 0.6) is 11.5 Å². The van der Waals surface area contributed by atoms with E-state index in [0.717, 1.165) is 0 Å². The first-order valence-corrected chi connectivity index (χ1v) is 6.91. The van der Waals surface area contributed by atoms with Crippen molar-refractivity contribution in [2.45, 2.75) is 10.9 Å². The van der Waals surface area contributed by atoms with Crippen molar-refractivity contribution in [2.75, 3.05) is 27.3 Å². The van der Waals surface area contributed by atoms with Crippen molar-refractivity contribution in [1.82, 2.24) is 4.31 Å². The molecule has 0 saturated carbocycles. The molecule has 0 aromatic heterocycles. The van der Waals surface area contributed by atoms with E-state index in [9.17, 15) is 8.42 Å². The standard InChI is InChI=1S/C11H16N2O4S/c1-16-9-3-4-11(10(5-9)17-2)18(14,15)13-6-8(12)7-13/h3-5,8H,6-7,12H2,1-2H3. The third-order valence-electron chi connectivity index (χ3n) is 2.86. The van der Waals surface area contributed by atoms with Gasteiger partial charge in [-0.2, -0.15) is 4.31 Å². The highest BCUT2D eigenvalue weighted by Gasteiger charge is 2.36. The van der Waals surface area contributed by atoms with Gasteiger partial charge in [-0.3, -0.25) is 0 Å². The molecule has 2 rings (SSSR count). The fourth-order valence-electron chi connectivity index (χ4n) is 1.79. The maximum Gasteiger partial charge on any atom is 0.246 e. The van der Waals surface area contributed by atoms with Gasteiger partial charge in [0.05, 0.1) is 14.2 Å². The maximum atomic E-state index is 12.3. The lowest BCUT2D eigenvalue weighted by Gasteiger charge is -2.35. The lowest BCUT2D eigenvalue weighted by Crippen LogP contribution is -2.57. The molecule has 0 radical (unpaired) electrons. The molecular formula is C11H16N2O4S. The van der Waals surface area contributed by atoms with Crippen molar-refractivity contribution in [1.29, 1.82) is 0 Å². The summed E-state index contributed by atoms with van der Waals surface area (Å²) >= 11 is 0. The first-order valence-electron chi connectivity index (χ1n) is 5.47. The van der Waals surface area contributed by atoms with Gasteiger partial charge in [-0.15, -0.1) is 0 Å². The van der Waals surface area contributed by atoms with E-state index in [1.165, 1.54) is 24.6 Å². The Morgan fingerprint density at radius 3 is 2.44 bits per heavy atom. The normalized spacial score (nSPS) is 17.3. The smallest absolute Gasteiger partial charge is 0.246 e. The number of nitrogens with zero attached hydrogens (tertiary/aromatic N) is 1. The monoisotopic (exact) mass is 272 g/mol. The van der Waals surface area contributed by atoms with Gasteiger partial charge in [0, 0.05) is 25.2 Å². The summed E-state index contributed by atoms with van der Waals surface area (Å²) < 4.78 is 36.0. The van der Waals surface area contributed by atoms with E-state index in [1.54, 1.807) is 12.1 Å². The molecule has 1 fully saturated rings. The first kappa shape index (κ1) is 13.1. The summed E-state index contributed by atoms with van der Waals surface area (Å²) in [5.74, 6) is 0.820. The number of hydrogen-bond donors (Lipinski definition) is 1. The van der Waals surface area contributed by atoms with Gasteiger partial charge in [-0.05, 0) is 12.1 Å². The third kappa shape index (κ3) is 2.16. The topological polar surface area (TPSA) is 81.9 Å². The minimum Gasteiger partial charge on any atom is -0.497 e. The molecule has 0 spiro atoms. The van der Waals surface area contributed by atoms with Crippen LogP contribution in [0.25, 0.3) is 0 Å². The largest absolute Gasteiger partial charge is 0.497 e. The van der Waals surface area contributed by atoms with Crippen molar-refractivity contribution < 1.29 is 17.9 Å². The molecule has 2 N–H and O–H groups in total. The van der Waals surface area contributed by atoms with E-state index in [1.807, 2.05) is 0 Å². The Morgan fingerprint density at radius 2 is 1.94 bits per heavy atom. The van der Waals surface area contributed by atoms with Gasteiger partial charge in [0.2, 0.25) is 10.0 Å². The number of sulfonamides is 1. The van der Waals surface area contributed by atoms with Crippen LogP contribution in [0.3, 0.4) is 0 Å². The van der Waals surface area contributed by atoms with Crippen LogP contribution in [-0.2, 0) is 10.0 Å². The van der Waals surface area contributed by atoms with Gasteiger partial charge in [0.25, 0.3) is 0 Å². The van der Waals surface area contributed by atoms with E-state index in [2.05, 4.69) is 0 Å². The predicted octanol–water partition coefficient (Wildman–Crippen LogP) is 0.0354. The van der Waals surface area contributed by atoms with Gasteiger partial charge >= 0.3 is 0 Å². The fourth-order valence-corrected chi connectivity index (χ4v) is 3.48. The van der Waals surface area contributed by atoms with Crippen molar-refractivity contribution >= 4 is 10.0 Å². The van der Waals surface area contributed by atoms with Gasteiger partial charge < -0.3 is 15.2 Å². The summed E-state index contributed by atoms with van der Waals surface area (Å²) in [6.07, 6.45) is 0. The number of rotatable bonds is 4. The Morgan fingerprint density at radius 1 is 1.28 bits per heavy atom. The molecule has 0 unspecified atom stereocenters.